The number of rotatable bonds is 5. The van der Waals surface area contributed by atoms with Crippen molar-refractivity contribution < 1.29 is 14.4 Å². The van der Waals surface area contributed by atoms with E-state index in [0.29, 0.717) is 15.6 Å². The van der Waals surface area contributed by atoms with Crippen LogP contribution in [0.25, 0.3) is 0 Å². The Hall–Kier alpha value is -1.44. The topological polar surface area (TPSA) is 92.5 Å². The van der Waals surface area contributed by atoms with Crippen molar-refractivity contribution in [2.75, 3.05) is 13.1 Å². The van der Waals surface area contributed by atoms with Gasteiger partial charge in [0.1, 0.15) is 6.54 Å². The molecule has 1 heterocycles. The summed E-state index contributed by atoms with van der Waals surface area (Å²) in [5.74, 6) is -1.19. The highest BCUT2D eigenvalue weighted by Gasteiger charge is 2.38. The Balaban J connectivity index is 0.00000288. The standard InChI is InChI=1S/C16H20BrN3O3.ClH/c1-9(2)16(3,8-18)19-13(21)7-20-14(22)11-5-4-10(17)6-12(11)15(20)23;/h4-6,9H,7-8,18H2,1-3H3,(H,19,21);1H. The molecule has 8 heteroatoms. The van der Waals surface area contributed by atoms with E-state index in [9.17, 15) is 14.4 Å². The number of hydrogen-bond donors (Lipinski definition) is 2. The molecule has 0 aromatic heterocycles. The van der Waals surface area contributed by atoms with Crippen molar-refractivity contribution >= 4 is 46.1 Å². The first-order valence-corrected chi connectivity index (χ1v) is 8.15. The first kappa shape index (κ1) is 20.6. The molecule has 1 aliphatic heterocycles. The van der Waals surface area contributed by atoms with Gasteiger partial charge < -0.3 is 11.1 Å². The molecule has 0 saturated carbocycles. The highest BCUT2D eigenvalue weighted by Crippen LogP contribution is 2.26. The number of benzene rings is 1. The van der Waals surface area contributed by atoms with Crippen LogP contribution in [0.4, 0.5) is 0 Å². The third-order valence-corrected chi connectivity index (χ3v) is 4.85. The molecule has 0 saturated heterocycles. The Bertz CT molecular complexity index is 681. The minimum Gasteiger partial charge on any atom is -0.348 e. The third kappa shape index (κ3) is 3.79. The lowest BCUT2D eigenvalue weighted by atomic mass is 9.88. The molecule has 0 aliphatic carbocycles. The van der Waals surface area contributed by atoms with Gasteiger partial charge in [-0.25, -0.2) is 0 Å². The lowest BCUT2D eigenvalue weighted by Gasteiger charge is -2.34. The number of nitrogens with two attached hydrogens (primary N) is 1. The average Bonchev–Trinajstić information content (AvgIpc) is 2.71. The minimum absolute atomic E-state index is 0. The summed E-state index contributed by atoms with van der Waals surface area (Å²) in [7, 11) is 0. The zero-order valence-electron chi connectivity index (χ0n) is 13.8. The summed E-state index contributed by atoms with van der Waals surface area (Å²) >= 11 is 3.27. The van der Waals surface area contributed by atoms with E-state index in [-0.39, 0.29) is 31.4 Å². The van der Waals surface area contributed by atoms with Gasteiger partial charge in [0.15, 0.2) is 0 Å². The van der Waals surface area contributed by atoms with Gasteiger partial charge >= 0.3 is 0 Å². The molecule has 0 bridgehead atoms. The number of fused-ring (bicyclic) bond motifs is 1. The Morgan fingerprint density at radius 2 is 1.88 bits per heavy atom. The van der Waals surface area contributed by atoms with Crippen LogP contribution in [0.1, 0.15) is 41.5 Å². The van der Waals surface area contributed by atoms with E-state index >= 15 is 0 Å². The van der Waals surface area contributed by atoms with Crippen LogP contribution in [-0.2, 0) is 4.79 Å². The van der Waals surface area contributed by atoms with E-state index in [2.05, 4.69) is 21.2 Å². The van der Waals surface area contributed by atoms with Gasteiger partial charge in [0.2, 0.25) is 5.91 Å². The van der Waals surface area contributed by atoms with Crippen molar-refractivity contribution in [3.05, 3.63) is 33.8 Å². The van der Waals surface area contributed by atoms with Gasteiger partial charge in [0, 0.05) is 11.0 Å². The maximum absolute atomic E-state index is 12.3. The first-order chi connectivity index (χ1) is 10.7. The van der Waals surface area contributed by atoms with Gasteiger partial charge in [0.25, 0.3) is 11.8 Å². The van der Waals surface area contributed by atoms with Crippen molar-refractivity contribution in [1.29, 1.82) is 0 Å². The zero-order chi connectivity index (χ0) is 17.4. The van der Waals surface area contributed by atoms with Crippen LogP contribution in [-0.4, -0.2) is 41.2 Å². The van der Waals surface area contributed by atoms with Crippen molar-refractivity contribution in [2.45, 2.75) is 26.3 Å². The molecule has 2 rings (SSSR count). The smallest absolute Gasteiger partial charge is 0.262 e. The van der Waals surface area contributed by atoms with Crippen LogP contribution < -0.4 is 11.1 Å². The Labute approximate surface area is 155 Å². The lowest BCUT2D eigenvalue weighted by molar-refractivity contribution is -0.123. The molecular formula is C16H21BrClN3O3. The summed E-state index contributed by atoms with van der Waals surface area (Å²) in [5.41, 5.74) is 5.78. The molecule has 1 aromatic rings. The molecule has 24 heavy (non-hydrogen) atoms. The highest BCUT2D eigenvalue weighted by molar-refractivity contribution is 9.10. The summed E-state index contributed by atoms with van der Waals surface area (Å²) in [6.45, 7) is 5.70. The summed E-state index contributed by atoms with van der Waals surface area (Å²) in [4.78, 5) is 37.9. The largest absolute Gasteiger partial charge is 0.348 e. The highest BCUT2D eigenvalue weighted by atomic mass is 79.9. The number of nitrogens with zero attached hydrogens (tertiary/aromatic N) is 1. The Kier molecular flexibility index (Phi) is 6.55. The van der Waals surface area contributed by atoms with Crippen molar-refractivity contribution in [3.63, 3.8) is 0 Å². The molecule has 1 aliphatic rings. The van der Waals surface area contributed by atoms with E-state index < -0.39 is 23.3 Å². The maximum atomic E-state index is 12.3. The average molecular weight is 419 g/mol. The van der Waals surface area contributed by atoms with Crippen LogP contribution in [0.2, 0.25) is 0 Å². The van der Waals surface area contributed by atoms with Crippen LogP contribution in [0.5, 0.6) is 0 Å². The summed E-state index contributed by atoms with van der Waals surface area (Å²) in [5, 5.41) is 2.83. The fourth-order valence-corrected chi connectivity index (χ4v) is 2.70. The second-order valence-electron chi connectivity index (χ2n) is 6.21. The molecule has 0 fully saturated rings. The van der Waals surface area contributed by atoms with E-state index in [1.165, 1.54) is 0 Å². The number of carbonyl (C=O) groups is 3. The molecule has 1 atom stereocenters. The summed E-state index contributed by atoms with van der Waals surface area (Å²) in [6, 6.07) is 4.86. The molecular weight excluding hydrogens is 398 g/mol. The normalized spacial score (nSPS) is 15.8. The van der Waals surface area contributed by atoms with Gasteiger partial charge in [-0.2, -0.15) is 0 Å². The second kappa shape index (κ2) is 7.63. The Morgan fingerprint density at radius 1 is 1.29 bits per heavy atom. The van der Waals surface area contributed by atoms with E-state index in [0.717, 1.165) is 4.90 Å². The molecule has 6 nitrogen and oxygen atoms in total. The minimum atomic E-state index is -0.585. The number of hydrogen-bond acceptors (Lipinski definition) is 4. The summed E-state index contributed by atoms with van der Waals surface area (Å²) < 4.78 is 0.708. The number of nitrogens with one attached hydrogen (secondary N) is 1. The number of imide groups is 1. The maximum Gasteiger partial charge on any atom is 0.262 e. The first-order valence-electron chi connectivity index (χ1n) is 7.36. The molecule has 1 aromatic carbocycles. The van der Waals surface area contributed by atoms with Crippen LogP contribution in [0.3, 0.4) is 0 Å². The molecule has 3 N–H and O–H groups in total. The van der Waals surface area contributed by atoms with Gasteiger partial charge in [-0.3, -0.25) is 19.3 Å². The van der Waals surface area contributed by atoms with E-state index in [4.69, 9.17) is 5.73 Å². The molecule has 3 amide bonds. The molecule has 0 radical (unpaired) electrons. The fraction of sp³-hybridized carbons (Fsp3) is 0.438. The molecule has 1 unspecified atom stereocenters. The van der Waals surface area contributed by atoms with Crippen molar-refractivity contribution in [1.82, 2.24) is 10.2 Å². The van der Waals surface area contributed by atoms with Crippen molar-refractivity contribution in [2.24, 2.45) is 11.7 Å². The zero-order valence-corrected chi connectivity index (χ0v) is 16.2. The van der Waals surface area contributed by atoms with Gasteiger partial charge in [-0.05, 0) is 31.0 Å². The van der Waals surface area contributed by atoms with E-state index in [1.807, 2.05) is 20.8 Å². The second-order valence-corrected chi connectivity index (χ2v) is 7.13. The number of amides is 3. The van der Waals surface area contributed by atoms with Crippen molar-refractivity contribution in [3.8, 4) is 0 Å². The van der Waals surface area contributed by atoms with Crippen LogP contribution >= 0.6 is 28.3 Å². The number of halogens is 2. The monoisotopic (exact) mass is 417 g/mol. The lowest BCUT2D eigenvalue weighted by Crippen LogP contribution is -2.57. The predicted octanol–water partition coefficient (Wildman–Crippen LogP) is 1.96. The molecule has 0 spiro atoms. The number of carbonyl (C=O) groups excluding carboxylic acids is 3. The third-order valence-electron chi connectivity index (χ3n) is 4.36. The SMILES string of the molecule is CC(C)C(C)(CN)NC(=O)CN1C(=O)c2ccc(Br)cc2C1=O.Cl. The van der Waals surface area contributed by atoms with Crippen LogP contribution in [0, 0.1) is 5.92 Å². The quantitative estimate of drug-likeness (QED) is 0.715. The Morgan fingerprint density at radius 3 is 2.42 bits per heavy atom. The van der Waals surface area contributed by atoms with Gasteiger partial charge in [-0.1, -0.05) is 29.8 Å². The summed E-state index contributed by atoms with van der Waals surface area (Å²) in [6.07, 6.45) is 0. The predicted molar refractivity (Wildman–Crippen MR) is 97.2 cm³/mol. The fourth-order valence-electron chi connectivity index (χ4n) is 2.34. The van der Waals surface area contributed by atoms with Crippen LogP contribution in [0.15, 0.2) is 22.7 Å². The van der Waals surface area contributed by atoms with E-state index in [1.54, 1.807) is 18.2 Å². The molecule has 132 valence electrons. The van der Waals surface area contributed by atoms with Gasteiger partial charge in [-0.15, -0.1) is 12.4 Å². The van der Waals surface area contributed by atoms with Gasteiger partial charge in [0.05, 0.1) is 16.7 Å².